The van der Waals surface area contributed by atoms with Crippen LogP contribution in [-0.4, -0.2) is 70.3 Å². The third-order valence-electron chi connectivity index (χ3n) is 5.10. The SMILES string of the molecule is CCC(C)C(NC(=O)C1CCCN1C(=O)C(C)NC(=O)C(N)CC(N)=O)C(=O)O. The molecule has 11 nitrogen and oxygen atoms in total. The minimum atomic E-state index is -1.17. The first-order valence-corrected chi connectivity index (χ1v) is 9.67. The van der Waals surface area contributed by atoms with Crippen molar-refractivity contribution in [3.63, 3.8) is 0 Å². The number of aliphatic carboxylic acids is 1. The molecule has 1 heterocycles. The molecule has 1 aliphatic heterocycles. The molecule has 5 atom stereocenters. The van der Waals surface area contributed by atoms with Gasteiger partial charge in [0.1, 0.15) is 18.1 Å². The summed E-state index contributed by atoms with van der Waals surface area (Å²) in [5.74, 6) is -3.87. The zero-order chi connectivity index (χ0) is 22.3. The lowest BCUT2D eigenvalue weighted by Gasteiger charge is -2.29. The highest BCUT2D eigenvalue weighted by Gasteiger charge is 2.38. The van der Waals surface area contributed by atoms with Crippen molar-refractivity contribution in [1.29, 1.82) is 0 Å². The van der Waals surface area contributed by atoms with E-state index in [-0.39, 0.29) is 12.3 Å². The van der Waals surface area contributed by atoms with Gasteiger partial charge in [-0.1, -0.05) is 20.3 Å². The van der Waals surface area contributed by atoms with Crippen molar-refractivity contribution in [2.45, 2.75) is 70.6 Å². The number of carbonyl (C=O) groups excluding carboxylic acids is 4. The van der Waals surface area contributed by atoms with Crippen LogP contribution in [-0.2, 0) is 24.0 Å². The van der Waals surface area contributed by atoms with E-state index in [1.807, 2.05) is 6.92 Å². The molecule has 11 heteroatoms. The minimum absolute atomic E-state index is 0.271. The number of likely N-dealkylation sites (tertiary alicyclic amines) is 1. The molecule has 1 saturated heterocycles. The largest absolute Gasteiger partial charge is 0.480 e. The molecule has 0 saturated carbocycles. The van der Waals surface area contributed by atoms with Crippen LogP contribution in [0.2, 0.25) is 0 Å². The van der Waals surface area contributed by atoms with E-state index in [2.05, 4.69) is 10.6 Å². The molecule has 7 N–H and O–H groups in total. The van der Waals surface area contributed by atoms with Gasteiger partial charge in [-0.05, 0) is 25.7 Å². The molecule has 0 spiro atoms. The molecule has 1 aliphatic rings. The Labute approximate surface area is 169 Å². The average Bonchev–Trinajstić information content (AvgIpc) is 3.13. The molecule has 29 heavy (non-hydrogen) atoms. The van der Waals surface area contributed by atoms with Gasteiger partial charge in [0, 0.05) is 6.54 Å². The molecule has 0 aromatic heterocycles. The first-order chi connectivity index (χ1) is 13.5. The second-order valence-corrected chi connectivity index (χ2v) is 7.41. The Balaban J connectivity index is 2.77. The summed E-state index contributed by atoms with van der Waals surface area (Å²) in [6.07, 6.45) is 1.19. The highest BCUT2D eigenvalue weighted by molar-refractivity contribution is 5.95. The molecule has 164 valence electrons. The normalized spacial score (nSPS) is 20.3. The topological polar surface area (TPSA) is 185 Å². The molecule has 0 bridgehead atoms. The molecule has 0 radical (unpaired) electrons. The fourth-order valence-electron chi connectivity index (χ4n) is 3.18. The van der Waals surface area contributed by atoms with Crippen LogP contribution in [0.4, 0.5) is 0 Å². The number of nitrogens with one attached hydrogen (secondary N) is 2. The molecule has 0 aliphatic carbocycles. The van der Waals surface area contributed by atoms with Crippen molar-refractivity contribution in [1.82, 2.24) is 15.5 Å². The van der Waals surface area contributed by atoms with Crippen molar-refractivity contribution < 1.29 is 29.1 Å². The number of nitrogens with two attached hydrogens (primary N) is 2. The zero-order valence-corrected chi connectivity index (χ0v) is 17.0. The Morgan fingerprint density at radius 2 is 1.79 bits per heavy atom. The van der Waals surface area contributed by atoms with Crippen molar-refractivity contribution in [3.05, 3.63) is 0 Å². The predicted molar refractivity (Wildman–Crippen MR) is 103 cm³/mol. The monoisotopic (exact) mass is 413 g/mol. The van der Waals surface area contributed by atoms with Gasteiger partial charge in [-0.2, -0.15) is 0 Å². The Morgan fingerprint density at radius 3 is 2.31 bits per heavy atom. The van der Waals surface area contributed by atoms with Crippen LogP contribution < -0.4 is 22.1 Å². The highest BCUT2D eigenvalue weighted by atomic mass is 16.4. The first kappa shape index (κ1) is 24.3. The number of nitrogens with zero attached hydrogens (tertiary/aromatic N) is 1. The molecular formula is C18H31N5O6. The van der Waals surface area contributed by atoms with Crippen LogP contribution in [0.15, 0.2) is 0 Å². The molecular weight excluding hydrogens is 382 g/mol. The maximum absolute atomic E-state index is 12.7. The summed E-state index contributed by atoms with van der Waals surface area (Å²) in [6.45, 7) is 5.31. The Kier molecular flexibility index (Phi) is 9.02. The maximum Gasteiger partial charge on any atom is 0.326 e. The van der Waals surface area contributed by atoms with E-state index in [0.717, 1.165) is 0 Å². The summed E-state index contributed by atoms with van der Waals surface area (Å²) in [5.41, 5.74) is 10.6. The molecule has 0 aromatic carbocycles. The van der Waals surface area contributed by atoms with Gasteiger partial charge in [0.25, 0.3) is 0 Å². The summed E-state index contributed by atoms with van der Waals surface area (Å²) >= 11 is 0. The lowest BCUT2D eigenvalue weighted by molar-refractivity contribution is -0.145. The first-order valence-electron chi connectivity index (χ1n) is 9.67. The van der Waals surface area contributed by atoms with Gasteiger partial charge >= 0.3 is 5.97 Å². The molecule has 1 fully saturated rings. The number of rotatable bonds is 10. The van der Waals surface area contributed by atoms with Gasteiger partial charge < -0.3 is 32.1 Å². The van der Waals surface area contributed by atoms with Gasteiger partial charge in [0.05, 0.1) is 12.5 Å². The van der Waals surface area contributed by atoms with Crippen molar-refractivity contribution in [3.8, 4) is 0 Å². The average molecular weight is 413 g/mol. The Bertz CT molecular complexity index is 655. The second kappa shape index (κ2) is 10.7. The van der Waals surface area contributed by atoms with E-state index in [1.165, 1.54) is 11.8 Å². The number of hydrogen-bond acceptors (Lipinski definition) is 6. The minimum Gasteiger partial charge on any atom is -0.480 e. The van der Waals surface area contributed by atoms with Gasteiger partial charge in [-0.3, -0.25) is 19.2 Å². The van der Waals surface area contributed by atoms with Crippen molar-refractivity contribution >= 4 is 29.6 Å². The van der Waals surface area contributed by atoms with Gasteiger partial charge in [-0.15, -0.1) is 0 Å². The third-order valence-corrected chi connectivity index (χ3v) is 5.10. The molecule has 5 unspecified atom stereocenters. The Hall–Kier alpha value is -2.69. The lowest BCUT2D eigenvalue weighted by atomic mass is 9.98. The summed E-state index contributed by atoms with van der Waals surface area (Å²) in [5, 5.41) is 14.3. The van der Waals surface area contributed by atoms with E-state index < -0.39 is 53.8 Å². The van der Waals surface area contributed by atoms with Crippen LogP contribution in [0.1, 0.15) is 46.5 Å². The van der Waals surface area contributed by atoms with Gasteiger partial charge in [0.15, 0.2) is 0 Å². The van der Waals surface area contributed by atoms with Crippen LogP contribution in [0.25, 0.3) is 0 Å². The number of carboxylic acids is 1. The summed E-state index contributed by atoms with van der Waals surface area (Å²) < 4.78 is 0. The molecule has 0 aromatic rings. The predicted octanol–water partition coefficient (Wildman–Crippen LogP) is -1.70. The highest BCUT2D eigenvalue weighted by Crippen LogP contribution is 2.19. The smallest absolute Gasteiger partial charge is 0.326 e. The second-order valence-electron chi connectivity index (χ2n) is 7.41. The fraction of sp³-hybridized carbons (Fsp3) is 0.722. The number of primary amides is 1. The summed E-state index contributed by atoms with van der Waals surface area (Å²) in [6, 6.07) is -4.01. The number of carboxylic acid groups (broad SMARTS) is 1. The van der Waals surface area contributed by atoms with Crippen LogP contribution in [0, 0.1) is 5.92 Å². The molecule has 4 amide bonds. The van der Waals surface area contributed by atoms with Crippen LogP contribution in [0.3, 0.4) is 0 Å². The van der Waals surface area contributed by atoms with Crippen LogP contribution >= 0.6 is 0 Å². The van der Waals surface area contributed by atoms with Crippen molar-refractivity contribution in [2.75, 3.05) is 6.54 Å². The van der Waals surface area contributed by atoms with Gasteiger partial charge in [-0.25, -0.2) is 4.79 Å². The van der Waals surface area contributed by atoms with Crippen molar-refractivity contribution in [2.24, 2.45) is 17.4 Å². The lowest BCUT2D eigenvalue weighted by Crippen LogP contribution is -2.56. The van der Waals surface area contributed by atoms with E-state index in [4.69, 9.17) is 11.5 Å². The van der Waals surface area contributed by atoms with E-state index >= 15 is 0 Å². The summed E-state index contributed by atoms with van der Waals surface area (Å²) in [7, 11) is 0. The van der Waals surface area contributed by atoms with E-state index in [1.54, 1.807) is 6.92 Å². The van der Waals surface area contributed by atoms with Crippen LogP contribution in [0.5, 0.6) is 0 Å². The number of amides is 4. The third kappa shape index (κ3) is 6.70. The fourth-order valence-corrected chi connectivity index (χ4v) is 3.18. The van der Waals surface area contributed by atoms with E-state index in [9.17, 15) is 29.1 Å². The quantitative estimate of drug-likeness (QED) is 0.282. The standard InChI is InChI=1S/C18H31N5O6/c1-4-9(2)14(18(28)29)22-16(26)12-6-5-7-23(12)17(27)10(3)21-15(25)11(19)8-13(20)24/h9-12,14H,4-8,19H2,1-3H3,(H2,20,24)(H,21,25)(H,22,26)(H,28,29). The number of carbonyl (C=O) groups is 5. The summed E-state index contributed by atoms with van der Waals surface area (Å²) in [4.78, 5) is 61.0. The number of hydrogen-bond donors (Lipinski definition) is 5. The zero-order valence-electron chi connectivity index (χ0n) is 17.0. The maximum atomic E-state index is 12.7. The van der Waals surface area contributed by atoms with Gasteiger partial charge in [0.2, 0.25) is 23.6 Å². The Morgan fingerprint density at radius 1 is 1.17 bits per heavy atom. The van der Waals surface area contributed by atoms with E-state index in [0.29, 0.717) is 25.8 Å². The molecule has 1 rings (SSSR count).